The Balaban J connectivity index is 2.14. The maximum absolute atomic E-state index is 12.9. The van der Waals surface area contributed by atoms with Crippen molar-refractivity contribution < 1.29 is 9.53 Å². The average Bonchev–Trinajstić information content (AvgIpc) is 2.55. The van der Waals surface area contributed by atoms with E-state index in [2.05, 4.69) is 11.8 Å². The summed E-state index contributed by atoms with van der Waals surface area (Å²) in [6.45, 7) is 3.78. The van der Waals surface area contributed by atoms with Gasteiger partial charge in [-0.3, -0.25) is 4.79 Å². The molecule has 1 atom stereocenters. The highest BCUT2D eigenvalue weighted by atomic mass is 32.2. The molecule has 1 aliphatic heterocycles. The van der Waals surface area contributed by atoms with Gasteiger partial charge in [0.25, 0.3) is 5.91 Å². The molecule has 116 valence electrons. The molecule has 0 spiro atoms. The lowest BCUT2D eigenvalue weighted by atomic mass is 9.99. The fourth-order valence-electron chi connectivity index (χ4n) is 2.85. The Morgan fingerprint density at radius 3 is 2.95 bits per heavy atom. The van der Waals surface area contributed by atoms with Gasteiger partial charge in [-0.1, -0.05) is 19.1 Å². The molecule has 0 unspecified atom stereocenters. The number of hydrogen-bond donors (Lipinski definition) is 0. The van der Waals surface area contributed by atoms with Gasteiger partial charge in [0.15, 0.2) is 0 Å². The lowest BCUT2D eigenvalue weighted by Gasteiger charge is -2.35. The van der Waals surface area contributed by atoms with E-state index in [1.807, 2.05) is 24.3 Å². The van der Waals surface area contributed by atoms with E-state index in [4.69, 9.17) is 4.74 Å². The number of rotatable bonds is 6. The van der Waals surface area contributed by atoms with Crippen molar-refractivity contribution in [1.82, 2.24) is 4.90 Å². The van der Waals surface area contributed by atoms with Gasteiger partial charge in [-0.2, -0.15) is 0 Å². The van der Waals surface area contributed by atoms with Crippen LogP contribution >= 0.6 is 11.8 Å². The minimum atomic E-state index is 0.196. The van der Waals surface area contributed by atoms with Gasteiger partial charge in [0.05, 0.1) is 12.2 Å². The number of amides is 1. The summed E-state index contributed by atoms with van der Waals surface area (Å²) in [6.07, 6.45) is 4.56. The topological polar surface area (TPSA) is 29.5 Å². The molecule has 0 aliphatic carbocycles. The summed E-state index contributed by atoms with van der Waals surface area (Å²) in [5.41, 5.74) is 0.846. The van der Waals surface area contributed by atoms with Gasteiger partial charge < -0.3 is 9.64 Å². The summed E-state index contributed by atoms with van der Waals surface area (Å²) in [6, 6.07) is 8.36. The minimum absolute atomic E-state index is 0.196. The molecule has 21 heavy (non-hydrogen) atoms. The largest absolute Gasteiger partial charge is 0.384 e. The number of ether oxygens (including phenoxy) is 1. The van der Waals surface area contributed by atoms with Gasteiger partial charge in [-0.25, -0.2) is 0 Å². The Morgan fingerprint density at radius 2 is 2.19 bits per heavy atom. The van der Waals surface area contributed by atoms with Gasteiger partial charge in [-0.15, -0.1) is 11.8 Å². The summed E-state index contributed by atoms with van der Waals surface area (Å²) < 4.78 is 5.10. The number of carbonyl (C=O) groups excluding carboxylic acids is 1. The van der Waals surface area contributed by atoms with Crippen molar-refractivity contribution in [3.8, 4) is 0 Å². The van der Waals surface area contributed by atoms with Crippen LogP contribution in [0.3, 0.4) is 0 Å². The van der Waals surface area contributed by atoms with E-state index in [-0.39, 0.29) is 5.91 Å². The van der Waals surface area contributed by atoms with Crippen molar-refractivity contribution in [2.45, 2.75) is 43.5 Å². The quantitative estimate of drug-likeness (QED) is 0.591. The molecule has 0 bridgehead atoms. The number of thioether (sulfide) groups is 1. The van der Waals surface area contributed by atoms with E-state index in [0.29, 0.717) is 12.6 Å². The standard InChI is InChI=1S/C17H25NO2S/c1-3-14-8-6-7-11-18(14)17(19)15-9-4-5-10-16(15)21-13-12-20-2/h4-5,9-10,14H,3,6-8,11-13H2,1-2H3/t14-/m1/s1. The Hall–Kier alpha value is -1.00. The normalized spacial score (nSPS) is 18.8. The molecule has 0 saturated carbocycles. The summed E-state index contributed by atoms with van der Waals surface area (Å²) >= 11 is 1.70. The fourth-order valence-corrected chi connectivity index (χ4v) is 3.81. The summed E-state index contributed by atoms with van der Waals surface area (Å²) in [4.78, 5) is 16.1. The number of methoxy groups -OCH3 is 1. The summed E-state index contributed by atoms with van der Waals surface area (Å²) in [5.74, 6) is 1.07. The van der Waals surface area contributed by atoms with Crippen LogP contribution in [0.5, 0.6) is 0 Å². The van der Waals surface area contributed by atoms with E-state index < -0.39 is 0 Å². The molecule has 4 heteroatoms. The van der Waals surface area contributed by atoms with E-state index >= 15 is 0 Å². The van der Waals surface area contributed by atoms with Gasteiger partial charge in [0.2, 0.25) is 0 Å². The average molecular weight is 307 g/mol. The Kier molecular flexibility index (Phi) is 6.58. The molecule has 1 fully saturated rings. The Labute approximate surface area is 132 Å². The third-order valence-electron chi connectivity index (χ3n) is 4.02. The third kappa shape index (κ3) is 4.24. The van der Waals surface area contributed by atoms with Gasteiger partial charge in [-0.05, 0) is 37.8 Å². The summed E-state index contributed by atoms with van der Waals surface area (Å²) in [7, 11) is 1.71. The van der Waals surface area contributed by atoms with E-state index in [1.54, 1.807) is 18.9 Å². The molecule has 1 heterocycles. The molecule has 0 aromatic heterocycles. The van der Waals surface area contributed by atoms with Crippen LogP contribution in [0.1, 0.15) is 43.0 Å². The van der Waals surface area contributed by atoms with E-state index in [0.717, 1.165) is 42.0 Å². The predicted octanol–water partition coefficient (Wildman–Crippen LogP) is 3.83. The number of hydrogen-bond acceptors (Lipinski definition) is 3. The number of benzene rings is 1. The van der Waals surface area contributed by atoms with Gasteiger partial charge in [0.1, 0.15) is 0 Å². The van der Waals surface area contributed by atoms with Crippen molar-refractivity contribution in [1.29, 1.82) is 0 Å². The first-order chi connectivity index (χ1) is 10.3. The minimum Gasteiger partial charge on any atom is -0.384 e. The second kappa shape index (κ2) is 8.44. The molecule has 1 saturated heterocycles. The van der Waals surface area contributed by atoms with Gasteiger partial charge in [0, 0.05) is 30.3 Å². The molecular weight excluding hydrogens is 282 g/mol. The predicted molar refractivity (Wildman–Crippen MR) is 88.0 cm³/mol. The molecule has 1 aliphatic rings. The van der Waals surface area contributed by atoms with Crippen molar-refractivity contribution in [3.05, 3.63) is 29.8 Å². The lowest BCUT2D eigenvalue weighted by Crippen LogP contribution is -2.43. The first-order valence-electron chi connectivity index (χ1n) is 7.79. The zero-order chi connectivity index (χ0) is 15.1. The van der Waals surface area contributed by atoms with E-state index in [9.17, 15) is 4.79 Å². The third-order valence-corrected chi connectivity index (χ3v) is 5.06. The van der Waals surface area contributed by atoms with Crippen molar-refractivity contribution in [2.24, 2.45) is 0 Å². The van der Waals surface area contributed by atoms with Gasteiger partial charge >= 0.3 is 0 Å². The highest BCUT2D eigenvalue weighted by Crippen LogP contribution is 2.27. The monoisotopic (exact) mass is 307 g/mol. The molecule has 1 amide bonds. The first kappa shape index (κ1) is 16.4. The number of carbonyl (C=O) groups is 1. The zero-order valence-electron chi connectivity index (χ0n) is 13.0. The van der Waals surface area contributed by atoms with Crippen LogP contribution in [-0.2, 0) is 4.74 Å². The van der Waals surface area contributed by atoms with Crippen LogP contribution in [-0.4, -0.2) is 42.9 Å². The van der Waals surface area contributed by atoms with Crippen LogP contribution in [0.25, 0.3) is 0 Å². The van der Waals surface area contributed by atoms with Crippen LogP contribution < -0.4 is 0 Å². The maximum atomic E-state index is 12.9. The van der Waals surface area contributed by atoms with Crippen LogP contribution in [0.15, 0.2) is 29.2 Å². The fraction of sp³-hybridized carbons (Fsp3) is 0.588. The zero-order valence-corrected chi connectivity index (χ0v) is 13.8. The first-order valence-corrected chi connectivity index (χ1v) is 8.78. The molecule has 3 nitrogen and oxygen atoms in total. The van der Waals surface area contributed by atoms with Crippen molar-refractivity contribution >= 4 is 17.7 Å². The van der Waals surface area contributed by atoms with Crippen LogP contribution in [0.4, 0.5) is 0 Å². The molecule has 1 aromatic rings. The lowest BCUT2D eigenvalue weighted by molar-refractivity contribution is 0.0604. The molecule has 0 radical (unpaired) electrons. The number of likely N-dealkylation sites (tertiary alicyclic amines) is 1. The van der Waals surface area contributed by atoms with Crippen LogP contribution in [0.2, 0.25) is 0 Å². The second-order valence-corrected chi connectivity index (χ2v) is 6.53. The van der Waals surface area contributed by atoms with Crippen LogP contribution in [0, 0.1) is 0 Å². The number of piperidine rings is 1. The highest BCUT2D eigenvalue weighted by Gasteiger charge is 2.27. The van der Waals surface area contributed by atoms with Crippen molar-refractivity contribution in [2.75, 3.05) is 26.0 Å². The number of nitrogens with zero attached hydrogens (tertiary/aromatic N) is 1. The van der Waals surface area contributed by atoms with Crippen molar-refractivity contribution in [3.63, 3.8) is 0 Å². The maximum Gasteiger partial charge on any atom is 0.255 e. The molecular formula is C17H25NO2S. The SMILES string of the molecule is CC[C@@H]1CCCCN1C(=O)c1ccccc1SCCOC. The second-order valence-electron chi connectivity index (χ2n) is 5.39. The molecule has 2 rings (SSSR count). The molecule has 0 N–H and O–H groups in total. The Bertz CT molecular complexity index is 464. The highest BCUT2D eigenvalue weighted by molar-refractivity contribution is 7.99. The van der Waals surface area contributed by atoms with E-state index in [1.165, 1.54) is 6.42 Å². The Morgan fingerprint density at radius 1 is 1.38 bits per heavy atom. The smallest absolute Gasteiger partial charge is 0.255 e. The molecule has 1 aromatic carbocycles. The summed E-state index contributed by atoms with van der Waals surface area (Å²) in [5, 5.41) is 0.